The second-order valence-electron chi connectivity index (χ2n) is 5.49. The molecule has 116 valence electrons. The summed E-state index contributed by atoms with van der Waals surface area (Å²) in [6.45, 7) is 8.34. The van der Waals surface area contributed by atoms with Gasteiger partial charge in [-0.15, -0.1) is 0 Å². The minimum Gasteiger partial charge on any atom is -0.352 e. The lowest BCUT2D eigenvalue weighted by Crippen LogP contribution is -2.24. The van der Waals surface area contributed by atoms with Crippen molar-refractivity contribution < 1.29 is 8.42 Å². The normalized spacial score (nSPS) is 12.2. The second-order valence-corrected chi connectivity index (χ2v) is 7.26. The van der Waals surface area contributed by atoms with Crippen LogP contribution in [-0.4, -0.2) is 26.1 Å². The summed E-state index contributed by atoms with van der Waals surface area (Å²) in [5.74, 6) is 0.600. The number of nitrogens with one attached hydrogen (secondary N) is 2. The quantitative estimate of drug-likeness (QED) is 0.684. The average Bonchev–Trinajstić information content (AvgIpc) is 2.74. The molecule has 0 saturated carbocycles. The standard InChI is InChI=1S/C14H27N3O2S/c1-5-15-10-13-9-14(11-17(13)4)20(18,19)16-8-6-7-12(2)3/h9,11-12,15-16H,5-8,10H2,1-4H3. The monoisotopic (exact) mass is 301 g/mol. The molecule has 0 amide bonds. The number of aromatic nitrogens is 1. The van der Waals surface area contributed by atoms with Gasteiger partial charge in [0.15, 0.2) is 0 Å². The average molecular weight is 301 g/mol. The van der Waals surface area contributed by atoms with E-state index in [0.717, 1.165) is 25.1 Å². The molecule has 20 heavy (non-hydrogen) atoms. The van der Waals surface area contributed by atoms with E-state index >= 15 is 0 Å². The van der Waals surface area contributed by atoms with Crippen molar-refractivity contribution in [2.75, 3.05) is 13.1 Å². The molecule has 6 heteroatoms. The first-order valence-electron chi connectivity index (χ1n) is 7.22. The third-order valence-corrected chi connectivity index (χ3v) is 4.63. The van der Waals surface area contributed by atoms with E-state index in [4.69, 9.17) is 0 Å². The van der Waals surface area contributed by atoms with Crippen molar-refractivity contribution in [2.45, 2.75) is 45.1 Å². The number of hydrogen-bond donors (Lipinski definition) is 2. The van der Waals surface area contributed by atoms with Crippen LogP contribution in [0.15, 0.2) is 17.2 Å². The van der Waals surface area contributed by atoms with E-state index in [1.54, 1.807) is 12.3 Å². The largest absolute Gasteiger partial charge is 0.352 e. The molecule has 0 fully saturated rings. The Morgan fingerprint density at radius 3 is 2.65 bits per heavy atom. The molecule has 1 aromatic rings. The second kappa shape index (κ2) is 7.81. The Hall–Kier alpha value is -0.850. The molecule has 0 aliphatic rings. The van der Waals surface area contributed by atoms with Gasteiger partial charge >= 0.3 is 0 Å². The maximum absolute atomic E-state index is 12.2. The van der Waals surface area contributed by atoms with Crippen molar-refractivity contribution in [2.24, 2.45) is 13.0 Å². The van der Waals surface area contributed by atoms with Crippen LogP contribution in [0.3, 0.4) is 0 Å². The van der Waals surface area contributed by atoms with Gasteiger partial charge in [-0.1, -0.05) is 20.8 Å². The number of rotatable bonds is 9. The number of nitrogens with zero attached hydrogens (tertiary/aromatic N) is 1. The molecule has 0 atom stereocenters. The molecule has 0 spiro atoms. The lowest BCUT2D eigenvalue weighted by Gasteiger charge is -2.06. The third-order valence-electron chi connectivity index (χ3n) is 3.20. The smallest absolute Gasteiger partial charge is 0.242 e. The van der Waals surface area contributed by atoms with Gasteiger partial charge in [0.2, 0.25) is 10.0 Å². The maximum Gasteiger partial charge on any atom is 0.242 e. The number of sulfonamides is 1. The van der Waals surface area contributed by atoms with Crippen LogP contribution in [0.5, 0.6) is 0 Å². The fourth-order valence-corrected chi connectivity index (χ4v) is 3.12. The predicted octanol–water partition coefficient (Wildman–Crippen LogP) is 1.85. The molecule has 0 aliphatic carbocycles. The van der Waals surface area contributed by atoms with Gasteiger partial charge in [-0.3, -0.25) is 0 Å². The highest BCUT2D eigenvalue weighted by molar-refractivity contribution is 7.89. The molecule has 1 rings (SSSR count). The fourth-order valence-electron chi connectivity index (χ4n) is 1.95. The first-order chi connectivity index (χ1) is 9.36. The van der Waals surface area contributed by atoms with Gasteiger partial charge in [0, 0.05) is 32.0 Å². The van der Waals surface area contributed by atoms with Crippen LogP contribution in [0, 0.1) is 5.92 Å². The van der Waals surface area contributed by atoms with Gasteiger partial charge in [-0.2, -0.15) is 0 Å². The summed E-state index contributed by atoms with van der Waals surface area (Å²) in [6.07, 6.45) is 3.56. The summed E-state index contributed by atoms with van der Waals surface area (Å²) >= 11 is 0. The van der Waals surface area contributed by atoms with Crippen molar-refractivity contribution >= 4 is 10.0 Å². The van der Waals surface area contributed by atoms with E-state index in [9.17, 15) is 8.42 Å². The molecule has 1 aromatic heterocycles. The molecule has 1 heterocycles. The Morgan fingerprint density at radius 2 is 2.05 bits per heavy atom. The molecule has 5 nitrogen and oxygen atoms in total. The zero-order valence-electron chi connectivity index (χ0n) is 12.9. The number of aryl methyl sites for hydroxylation is 1. The van der Waals surface area contributed by atoms with E-state index in [2.05, 4.69) is 23.9 Å². The van der Waals surface area contributed by atoms with E-state index < -0.39 is 10.0 Å². The molecule has 0 unspecified atom stereocenters. The van der Waals surface area contributed by atoms with Crippen LogP contribution in [0.1, 0.15) is 39.3 Å². The van der Waals surface area contributed by atoms with Gasteiger partial charge in [0.1, 0.15) is 0 Å². The summed E-state index contributed by atoms with van der Waals surface area (Å²) < 4.78 is 28.9. The first-order valence-corrected chi connectivity index (χ1v) is 8.70. The molecule has 0 bridgehead atoms. The highest BCUT2D eigenvalue weighted by atomic mass is 32.2. The third kappa shape index (κ3) is 5.26. The fraction of sp³-hybridized carbons (Fsp3) is 0.714. The predicted molar refractivity (Wildman–Crippen MR) is 82.1 cm³/mol. The molecule has 2 N–H and O–H groups in total. The summed E-state index contributed by atoms with van der Waals surface area (Å²) in [7, 11) is -1.52. The Bertz CT molecular complexity index is 506. The Morgan fingerprint density at radius 1 is 1.35 bits per heavy atom. The SMILES string of the molecule is CCNCc1cc(S(=O)(=O)NCCCC(C)C)cn1C. The molecular formula is C14H27N3O2S. The lowest BCUT2D eigenvalue weighted by molar-refractivity contribution is 0.540. The van der Waals surface area contributed by atoms with Gasteiger partial charge < -0.3 is 9.88 Å². The van der Waals surface area contributed by atoms with Crippen LogP contribution in [0.4, 0.5) is 0 Å². The summed E-state index contributed by atoms with van der Waals surface area (Å²) in [5, 5.41) is 3.20. The van der Waals surface area contributed by atoms with Crippen molar-refractivity contribution in [1.82, 2.24) is 14.6 Å². The van der Waals surface area contributed by atoms with Crippen molar-refractivity contribution in [3.63, 3.8) is 0 Å². The summed E-state index contributed by atoms with van der Waals surface area (Å²) in [5.41, 5.74) is 0.967. The summed E-state index contributed by atoms with van der Waals surface area (Å²) in [6, 6.07) is 1.73. The van der Waals surface area contributed by atoms with Crippen LogP contribution in [-0.2, 0) is 23.6 Å². The van der Waals surface area contributed by atoms with Gasteiger partial charge in [-0.05, 0) is 31.4 Å². The Kier molecular flexibility index (Phi) is 6.71. The van der Waals surface area contributed by atoms with E-state index in [1.165, 1.54) is 0 Å². The van der Waals surface area contributed by atoms with Crippen molar-refractivity contribution in [1.29, 1.82) is 0 Å². The number of hydrogen-bond acceptors (Lipinski definition) is 3. The molecule has 0 radical (unpaired) electrons. The van der Waals surface area contributed by atoms with Crippen LogP contribution in [0.2, 0.25) is 0 Å². The van der Waals surface area contributed by atoms with E-state index in [0.29, 0.717) is 23.9 Å². The minimum atomic E-state index is -3.38. The van der Waals surface area contributed by atoms with Gasteiger partial charge in [0.25, 0.3) is 0 Å². The topological polar surface area (TPSA) is 63.1 Å². The zero-order chi connectivity index (χ0) is 15.2. The van der Waals surface area contributed by atoms with E-state index in [1.807, 2.05) is 18.5 Å². The molecular weight excluding hydrogens is 274 g/mol. The molecule has 0 saturated heterocycles. The van der Waals surface area contributed by atoms with Crippen LogP contribution in [0.25, 0.3) is 0 Å². The maximum atomic E-state index is 12.2. The van der Waals surface area contributed by atoms with Crippen molar-refractivity contribution in [3.8, 4) is 0 Å². The van der Waals surface area contributed by atoms with Gasteiger partial charge in [-0.25, -0.2) is 13.1 Å². The highest BCUT2D eigenvalue weighted by Crippen LogP contribution is 2.13. The van der Waals surface area contributed by atoms with Crippen molar-refractivity contribution in [3.05, 3.63) is 18.0 Å². The highest BCUT2D eigenvalue weighted by Gasteiger charge is 2.16. The van der Waals surface area contributed by atoms with Crippen LogP contribution < -0.4 is 10.0 Å². The zero-order valence-corrected chi connectivity index (χ0v) is 13.8. The van der Waals surface area contributed by atoms with Crippen LogP contribution >= 0.6 is 0 Å². The Balaban J connectivity index is 2.63. The lowest BCUT2D eigenvalue weighted by atomic mass is 10.1. The molecule has 0 aliphatic heterocycles. The van der Waals surface area contributed by atoms with Gasteiger partial charge in [0.05, 0.1) is 4.90 Å². The van der Waals surface area contributed by atoms with E-state index in [-0.39, 0.29) is 0 Å². The Labute approximate surface area is 122 Å². The summed E-state index contributed by atoms with van der Waals surface area (Å²) in [4.78, 5) is 0.345. The molecule has 0 aromatic carbocycles. The minimum absolute atomic E-state index is 0.345. The first kappa shape index (κ1) is 17.2.